The highest BCUT2D eigenvalue weighted by atomic mass is 35.5. The molecule has 1 atom stereocenters. The van der Waals surface area contributed by atoms with Crippen LogP contribution in [0.3, 0.4) is 0 Å². The van der Waals surface area contributed by atoms with Gasteiger partial charge in [-0.15, -0.1) is 0 Å². The fourth-order valence-electron chi connectivity index (χ4n) is 2.41. The van der Waals surface area contributed by atoms with Crippen molar-refractivity contribution in [1.82, 2.24) is 0 Å². The Bertz CT molecular complexity index is 833. The molecule has 0 aliphatic rings. The molecule has 1 unspecified atom stereocenters. The summed E-state index contributed by atoms with van der Waals surface area (Å²) in [7, 11) is 0. The van der Waals surface area contributed by atoms with Crippen molar-refractivity contribution >= 4 is 34.9 Å². The van der Waals surface area contributed by atoms with E-state index in [1.54, 1.807) is 13.0 Å². The molecule has 0 amide bonds. The third-order valence-electron chi connectivity index (χ3n) is 3.85. The Balaban J connectivity index is 1.78. The van der Waals surface area contributed by atoms with Gasteiger partial charge in [0.2, 0.25) is 0 Å². The second-order valence-corrected chi connectivity index (χ2v) is 7.55. The molecule has 0 bridgehead atoms. The van der Waals surface area contributed by atoms with Gasteiger partial charge in [-0.1, -0.05) is 46.6 Å². The number of carbonyl (C=O) groups excluding carboxylic acids is 1. The van der Waals surface area contributed by atoms with Crippen LogP contribution < -0.4 is 4.74 Å². The van der Waals surface area contributed by atoms with Gasteiger partial charge < -0.3 is 14.3 Å². The van der Waals surface area contributed by atoms with E-state index in [4.69, 9.17) is 37.5 Å². The molecule has 0 aliphatic heterocycles. The predicted octanol–water partition coefficient (Wildman–Crippen LogP) is 5.70. The zero-order valence-corrected chi connectivity index (χ0v) is 18.3. The first-order valence-electron chi connectivity index (χ1n) is 9.34. The highest BCUT2D eigenvalue weighted by Crippen LogP contribution is 2.24. The monoisotopic (exact) mass is 437 g/mol. The van der Waals surface area contributed by atoms with Crippen molar-refractivity contribution in [1.29, 1.82) is 0 Å². The molecule has 0 spiro atoms. The number of halogens is 2. The fourth-order valence-corrected chi connectivity index (χ4v) is 2.89. The Labute approximate surface area is 181 Å². The van der Waals surface area contributed by atoms with Crippen LogP contribution in [0.4, 0.5) is 0 Å². The Kier molecular flexibility index (Phi) is 9.29. The second-order valence-electron chi connectivity index (χ2n) is 6.71. The highest BCUT2D eigenvalue weighted by molar-refractivity contribution is 6.35. The minimum atomic E-state index is -0.705. The number of rotatable bonds is 10. The van der Waals surface area contributed by atoms with E-state index in [1.165, 1.54) is 0 Å². The minimum Gasteiger partial charge on any atom is -0.479 e. The van der Waals surface area contributed by atoms with Crippen molar-refractivity contribution in [3.63, 3.8) is 0 Å². The number of esters is 1. The number of carbonyl (C=O) groups is 1. The maximum Gasteiger partial charge on any atom is 0.347 e. The van der Waals surface area contributed by atoms with E-state index in [0.29, 0.717) is 35.2 Å². The van der Waals surface area contributed by atoms with Gasteiger partial charge in [0, 0.05) is 16.5 Å². The molecule has 156 valence electrons. The summed E-state index contributed by atoms with van der Waals surface area (Å²) in [5, 5.41) is 5.06. The van der Waals surface area contributed by atoms with Crippen molar-refractivity contribution < 1.29 is 19.1 Å². The van der Waals surface area contributed by atoms with E-state index < -0.39 is 12.1 Å². The summed E-state index contributed by atoms with van der Waals surface area (Å²) in [6.07, 6.45) is 0.540. The molecule has 0 saturated heterocycles. The highest BCUT2D eigenvalue weighted by Gasteiger charge is 2.16. The summed E-state index contributed by atoms with van der Waals surface area (Å²) < 4.78 is 10.9. The molecular formula is C22H25Cl2NO4. The zero-order valence-electron chi connectivity index (χ0n) is 16.8. The number of benzene rings is 2. The number of ether oxygens (including phenoxy) is 2. The molecule has 29 heavy (non-hydrogen) atoms. The Morgan fingerprint density at radius 3 is 2.45 bits per heavy atom. The SMILES string of the molecule is CC(C)=NOCCCOC(=O)C(C)Oc1ccc(Cc2ccc(Cl)cc2Cl)cc1. The first-order valence-corrected chi connectivity index (χ1v) is 10.1. The van der Waals surface area contributed by atoms with Crippen molar-refractivity contribution in [2.75, 3.05) is 13.2 Å². The van der Waals surface area contributed by atoms with Crippen LogP contribution in [0.15, 0.2) is 47.6 Å². The van der Waals surface area contributed by atoms with Gasteiger partial charge in [-0.25, -0.2) is 4.79 Å². The predicted molar refractivity (Wildman–Crippen MR) is 116 cm³/mol. The first kappa shape index (κ1) is 23.0. The lowest BCUT2D eigenvalue weighted by Gasteiger charge is -2.14. The van der Waals surface area contributed by atoms with Gasteiger partial charge in [0.25, 0.3) is 0 Å². The molecule has 0 fully saturated rings. The third kappa shape index (κ3) is 8.34. The summed E-state index contributed by atoms with van der Waals surface area (Å²) in [6.45, 7) is 6.00. The molecule has 2 rings (SSSR count). The summed E-state index contributed by atoms with van der Waals surface area (Å²) in [5.41, 5.74) is 2.90. The molecule has 2 aromatic rings. The average molecular weight is 438 g/mol. The molecule has 0 heterocycles. The maximum absolute atomic E-state index is 12.0. The van der Waals surface area contributed by atoms with Gasteiger partial charge >= 0.3 is 5.97 Å². The lowest BCUT2D eigenvalue weighted by atomic mass is 10.0. The molecule has 2 aromatic carbocycles. The van der Waals surface area contributed by atoms with Gasteiger partial charge in [-0.05, 0) is 62.6 Å². The average Bonchev–Trinajstić information content (AvgIpc) is 2.67. The van der Waals surface area contributed by atoms with Crippen LogP contribution in [0.5, 0.6) is 5.75 Å². The quantitative estimate of drug-likeness (QED) is 0.207. The first-order chi connectivity index (χ1) is 13.8. The molecule has 0 saturated carbocycles. The van der Waals surface area contributed by atoms with Crippen molar-refractivity contribution in [2.45, 2.75) is 39.7 Å². The smallest absolute Gasteiger partial charge is 0.347 e. The van der Waals surface area contributed by atoms with Gasteiger partial charge in [0.15, 0.2) is 6.10 Å². The Morgan fingerprint density at radius 2 is 1.79 bits per heavy atom. The van der Waals surface area contributed by atoms with Crippen LogP contribution in [0.2, 0.25) is 10.0 Å². The molecule has 0 N–H and O–H groups in total. The normalized spacial score (nSPS) is 11.5. The van der Waals surface area contributed by atoms with Gasteiger partial charge in [-0.3, -0.25) is 0 Å². The van der Waals surface area contributed by atoms with Crippen LogP contribution in [0, 0.1) is 0 Å². The number of oxime groups is 1. The summed E-state index contributed by atoms with van der Waals surface area (Å²) in [6, 6.07) is 13.0. The van der Waals surface area contributed by atoms with Gasteiger partial charge in [0.05, 0.1) is 12.3 Å². The molecular weight excluding hydrogens is 413 g/mol. The van der Waals surface area contributed by atoms with E-state index >= 15 is 0 Å². The minimum absolute atomic E-state index is 0.256. The second kappa shape index (κ2) is 11.7. The number of nitrogens with zero attached hydrogens (tertiary/aromatic N) is 1. The van der Waals surface area contributed by atoms with Gasteiger partial charge in [0.1, 0.15) is 12.4 Å². The van der Waals surface area contributed by atoms with Crippen molar-refractivity contribution in [3.8, 4) is 5.75 Å². The van der Waals surface area contributed by atoms with E-state index in [1.807, 2.05) is 50.2 Å². The molecule has 0 aliphatic carbocycles. The van der Waals surface area contributed by atoms with E-state index in [2.05, 4.69) is 5.16 Å². The Hall–Kier alpha value is -2.24. The van der Waals surface area contributed by atoms with Gasteiger partial charge in [-0.2, -0.15) is 0 Å². The third-order valence-corrected chi connectivity index (χ3v) is 4.44. The summed E-state index contributed by atoms with van der Waals surface area (Å²) in [5.74, 6) is 0.175. The van der Waals surface area contributed by atoms with E-state index in [9.17, 15) is 4.79 Å². The lowest BCUT2D eigenvalue weighted by Crippen LogP contribution is -2.26. The molecule has 5 nitrogen and oxygen atoms in total. The van der Waals surface area contributed by atoms with E-state index in [0.717, 1.165) is 16.8 Å². The Morgan fingerprint density at radius 1 is 1.07 bits per heavy atom. The zero-order chi connectivity index (χ0) is 21.2. The lowest BCUT2D eigenvalue weighted by molar-refractivity contribution is -0.151. The molecule has 7 heteroatoms. The van der Waals surface area contributed by atoms with Crippen LogP contribution in [0.25, 0.3) is 0 Å². The van der Waals surface area contributed by atoms with Crippen molar-refractivity contribution in [2.24, 2.45) is 5.16 Å². The number of hydrogen-bond acceptors (Lipinski definition) is 5. The van der Waals surface area contributed by atoms with Crippen LogP contribution in [0.1, 0.15) is 38.3 Å². The maximum atomic E-state index is 12.0. The van der Waals surface area contributed by atoms with E-state index in [-0.39, 0.29) is 6.61 Å². The summed E-state index contributed by atoms with van der Waals surface area (Å²) >= 11 is 12.2. The molecule has 0 aromatic heterocycles. The number of hydrogen-bond donors (Lipinski definition) is 0. The molecule has 0 radical (unpaired) electrons. The van der Waals surface area contributed by atoms with Crippen molar-refractivity contribution in [3.05, 3.63) is 63.6 Å². The summed E-state index contributed by atoms with van der Waals surface area (Å²) in [4.78, 5) is 17.1. The standard InChI is InChI=1S/C22H25Cl2NO4/c1-15(2)25-28-12-4-11-27-22(26)16(3)29-20-9-5-17(6-10-20)13-18-7-8-19(23)14-21(18)24/h5-10,14,16H,4,11-13H2,1-3H3. The fraction of sp³-hybridized carbons (Fsp3) is 0.364. The topological polar surface area (TPSA) is 57.1 Å². The largest absolute Gasteiger partial charge is 0.479 e. The van der Waals surface area contributed by atoms with Crippen LogP contribution >= 0.6 is 23.2 Å². The van der Waals surface area contributed by atoms with Crippen LogP contribution in [-0.4, -0.2) is 31.0 Å². The van der Waals surface area contributed by atoms with Crippen LogP contribution in [-0.2, 0) is 20.8 Å².